The summed E-state index contributed by atoms with van der Waals surface area (Å²) < 4.78 is 26.7. The number of methoxy groups -OCH3 is 4. The van der Waals surface area contributed by atoms with Crippen LogP contribution in [0.1, 0.15) is 29.7 Å². The molecule has 0 spiro atoms. The smallest absolute Gasteiger partial charge is 0.330 e. The van der Waals surface area contributed by atoms with Crippen LogP contribution >= 0.6 is 11.6 Å². The van der Waals surface area contributed by atoms with Crippen LogP contribution < -0.4 is 23.8 Å². The molecule has 212 valence electrons. The Balaban J connectivity index is 2.19. The Morgan fingerprint density at radius 3 is 2.25 bits per heavy atom. The van der Waals surface area contributed by atoms with Gasteiger partial charge in [-0.25, -0.2) is 4.79 Å². The van der Waals surface area contributed by atoms with Gasteiger partial charge in [0.05, 0.1) is 52.3 Å². The van der Waals surface area contributed by atoms with Gasteiger partial charge >= 0.3 is 5.97 Å². The number of amides is 1. The molecule has 0 heterocycles. The van der Waals surface area contributed by atoms with E-state index in [0.717, 1.165) is 12.2 Å². The number of ether oxygens (including phenoxy) is 5. The topological polar surface area (TPSA) is 104 Å². The van der Waals surface area contributed by atoms with E-state index < -0.39 is 18.0 Å². The van der Waals surface area contributed by atoms with Crippen molar-refractivity contribution in [2.24, 2.45) is 0 Å². The first-order chi connectivity index (χ1) is 19.3. The lowest BCUT2D eigenvalue weighted by atomic mass is 9.97. The Bertz CT molecular complexity index is 1370. The Labute approximate surface area is 238 Å². The molecule has 0 saturated heterocycles. The van der Waals surface area contributed by atoms with Gasteiger partial charge in [0.2, 0.25) is 0 Å². The summed E-state index contributed by atoms with van der Waals surface area (Å²) in [5.74, 6) is 0.550. The third-order valence-electron chi connectivity index (χ3n) is 6.05. The van der Waals surface area contributed by atoms with E-state index in [4.69, 9.17) is 35.3 Å². The molecule has 10 heteroatoms. The van der Waals surface area contributed by atoms with E-state index in [1.54, 1.807) is 61.5 Å². The van der Waals surface area contributed by atoms with Gasteiger partial charge < -0.3 is 33.7 Å². The minimum Gasteiger partial charge on any atom is -0.497 e. The van der Waals surface area contributed by atoms with E-state index in [2.05, 4.69) is 0 Å². The zero-order chi connectivity index (χ0) is 29.2. The lowest BCUT2D eigenvalue weighted by molar-refractivity contribution is -0.137. The zero-order valence-electron chi connectivity index (χ0n) is 23.0. The van der Waals surface area contributed by atoms with Crippen molar-refractivity contribution in [2.75, 3.05) is 39.9 Å². The second kappa shape index (κ2) is 14.3. The van der Waals surface area contributed by atoms with Crippen molar-refractivity contribution in [3.05, 3.63) is 88.5 Å². The zero-order valence-corrected chi connectivity index (χ0v) is 23.7. The largest absolute Gasteiger partial charge is 0.497 e. The fourth-order valence-corrected chi connectivity index (χ4v) is 4.46. The number of esters is 1. The number of anilines is 1. The maximum absolute atomic E-state index is 13.6. The number of halogens is 1. The van der Waals surface area contributed by atoms with Crippen LogP contribution in [-0.2, 0) is 20.9 Å². The quantitative estimate of drug-likeness (QED) is 0.237. The summed E-state index contributed by atoms with van der Waals surface area (Å²) in [6.07, 6.45) is 0.878. The summed E-state index contributed by atoms with van der Waals surface area (Å²) in [7, 11) is 6.01. The standard InChI is InChI=1S/C30H32ClNO8/c1-6-40-27(34)16-15-26(33)32(18-19-13-14-20(36-2)17-25(19)38-4)28-21(9-7-11-23(28)31)29(35)22-10-8-12-24(37-3)30(22)39-5/h7-17,29,35H,6,18H2,1-5H3. The predicted molar refractivity (Wildman–Crippen MR) is 152 cm³/mol. The van der Waals surface area contributed by atoms with E-state index in [-0.39, 0.29) is 23.9 Å². The molecule has 3 aromatic rings. The van der Waals surface area contributed by atoms with Crippen molar-refractivity contribution < 1.29 is 38.4 Å². The van der Waals surface area contributed by atoms with Gasteiger partial charge in [-0.2, -0.15) is 0 Å². The molecule has 1 N–H and O–H groups in total. The molecular formula is C30H32ClNO8. The molecule has 40 heavy (non-hydrogen) atoms. The third kappa shape index (κ3) is 6.86. The molecule has 1 amide bonds. The molecule has 0 bridgehead atoms. The number of carbonyl (C=O) groups excluding carboxylic acids is 2. The van der Waals surface area contributed by atoms with Crippen LogP contribution in [0.15, 0.2) is 66.7 Å². The molecule has 0 aromatic heterocycles. The number of aliphatic hydroxyl groups is 1. The summed E-state index contributed by atoms with van der Waals surface area (Å²) in [5.41, 5.74) is 1.59. The average molecular weight is 570 g/mol. The highest BCUT2D eigenvalue weighted by molar-refractivity contribution is 6.34. The Kier molecular flexibility index (Phi) is 10.8. The number of hydrogen-bond donors (Lipinski definition) is 1. The Morgan fingerprint density at radius 2 is 1.60 bits per heavy atom. The number of rotatable bonds is 12. The fraction of sp³-hybridized carbons (Fsp3) is 0.267. The number of para-hydroxylation sites is 2. The molecule has 0 aliphatic heterocycles. The Morgan fingerprint density at radius 1 is 0.900 bits per heavy atom. The van der Waals surface area contributed by atoms with E-state index in [9.17, 15) is 14.7 Å². The first kappa shape index (κ1) is 30.3. The van der Waals surface area contributed by atoms with Gasteiger partial charge in [-0.15, -0.1) is 0 Å². The van der Waals surface area contributed by atoms with Gasteiger partial charge in [-0.3, -0.25) is 4.79 Å². The third-order valence-corrected chi connectivity index (χ3v) is 6.35. The minimum absolute atomic E-state index is 0.0160. The van der Waals surface area contributed by atoms with Crippen molar-refractivity contribution >= 4 is 29.2 Å². The van der Waals surface area contributed by atoms with Crippen molar-refractivity contribution in [3.63, 3.8) is 0 Å². The second-order valence-corrected chi connectivity index (χ2v) is 8.76. The van der Waals surface area contributed by atoms with Crippen molar-refractivity contribution in [3.8, 4) is 23.0 Å². The first-order valence-corrected chi connectivity index (χ1v) is 12.7. The van der Waals surface area contributed by atoms with Gasteiger partial charge in [-0.05, 0) is 31.2 Å². The van der Waals surface area contributed by atoms with Gasteiger partial charge in [0.15, 0.2) is 11.5 Å². The van der Waals surface area contributed by atoms with E-state index in [1.165, 1.54) is 33.3 Å². The summed E-state index contributed by atoms with van der Waals surface area (Å²) in [6.45, 7) is 1.81. The molecule has 1 atom stereocenters. The summed E-state index contributed by atoms with van der Waals surface area (Å²) in [5, 5.41) is 11.8. The van der Waals surface area contributed by atoms with Crippen LogP contribution in [0.3, 0.4) is 0 Å². The number of carbonyl (C=O) groups is 2. The average Bonchev–Trinajstić information content (AvgIpc) is 2.98. The minimum atomic E-state index is -1.26. The molecular weight excluding hydrogens is 538 g/mol. The van der Waals surface area contributed by atoms with Gasteiger partial charge in [-0.1, -0.05) is 35.9 Å². The molecule has 3 rings (SSSR count). The monoisotopic (exact) mass is 569 g/mol. The van der Waals surface area contributed by atoms with Crippen LogP contribution in [-0.4, -0.2) is 52.0 Å². The van der Waals surface area contributed by atoms with Gasteiger partial charge in [0.1, 0.15) is 17.6 Å². The molecule has 0 aliphatic carbocycles. The van der Waals surface area contributed by atoms with E-state index in [1.807, 2.05) is 0 Å². The van der Waals surface area contributed by atoms with Crippen molar-refractivity contribution in [2.45, 2.75) is 19.6 Å². The highest BCUT2D eigenvalue weighted by Gasteiger charge is 2.28. The van der Waals surface area contributed by atoms with Crippen LogP contribution in [0.25, 0.3) is 0 Å². The maximum atomic E-state index is 13.6. The fourth-order valence-electron chi connectivity index (χ4n) is 4.17. The molecule has 1 unspecified atom stereocenters. The number of nitrogens with zero attached hydrogens (tertiary/aromatic N) is 1. The second-order valence-electron chi connectivity index (χ2n) is 8.35. The molecule has 0 aliphatic rings. The molecule has 3 aromatic carbocycles. The molecule has 0 fully saturated rings. The Hall–Kier alpha value is -4.21. The van der Waals surface area contributed by atoms with Crippen molar-refractivity contribution in [1.82, 2.24) is 0 Å². The van der Waals surface area contributed by atoms with Gasteiger partial charge in [0.25, 0.3) is 5.91 Å². The first-order valence-electron chi connectivity index (χ1n) is 12.3. The van der Waals surface area contributed by atoms with E-state index >= 15 is 0 Å². The lowest BCUT2D eigenvalue weighted by Crippen LogP contribution is -2.31. The highest BCUT2D eigenvalue weighted by atomic mass is 35.5. The van der Waals surface area contributed by atoms with Crippen LogP contribution in [0.2, 0.25) is 5.02 Å². The summed E-state index contributed by atoms with van der Waals surface area (Å²) in [6, 6.07) is 15.2. The SMILES string of the molecule is CCOC(=O)C=CC(=O)N(Cc1ccc(OC)cc1OC)c1c(Cl)cccc1C(O)c1cccc(OC)c1OC. The molecule has 0 saturated carbocycles. The normalized spacial score (nSPS) is 11.6. The molecule has 9 nitrogen and oxygen atoms in total. The number of benzene rings is 3. The highest BCUT2D eigenvalue weighted by Crippen LogP contribution is 2.42. The van der Waals surface area contributed by atoms with E-state index in [0.29, 0.717) is 39.7 Å². The van der Waals surface area contributed by atoms with Gasteiger partial charge in [0, 0.05) is 34.9 Å². The van der Waals surface area contributed by atoms with Crippen LogP contribution in [0, 0.1) is 0 Å². The predicted octanol–water partition coefficient (Wildman–Crippen LogP) is 5.11. The van der Waals surface area contributed by atoms with Crippen LogP contribution in [0.5, 0.6) is 23.0 Å². The van der Waals surface area contributed by atoms with Crippen molar-refractivity contribution in [1.29, 1.82) is 0 Å². The molecule has 0 radical (unpaired) electrons. The van der Waals surface area contributed by atoms with Crippen LogP contribution in [0.4, 0.5) is 5.69 Å². The summed E-state index contributed by atoms with van der Waals surface area (Å²) in [4.78, 5) is 27.0. The maximum Gasteiger partial charge on any atom is 0.330 e. The number of hydrogen-bond acceptors (Lipinski definition) is 8. The summed E-state index contributed by atoms with van der Waals surface area (Å²) >= 11 is 6.70. The number of aliphatic hydroxyl groups excluding tert-OH is 1. The lowest BCUT2D eigenvalue weighted by Gasteiger charge is -2.28.